The van der Waals surface area contributed by atoms with Gasteiger partial charge in [0.05, 0.1) is 11.4 Å². The first-order chi connectivity index (χ1) is 13.5. The Morgan fingerprint density at radius 1 is 1.00 bits per heavy atom. The number of hydrogen-bond donors (Lipinski definition) is 1. The molecule has 2 aromatic carbocycles. The van der Waals surface area contributed by atoms with Crippen LogP contribution in [0.5, 0.6) is 0 Å². The largest absolute Gasteiger partial charge is 0.351 e. The number of hydrogen-bond acceptors (Lipinski definition) is 3. The van der Waals surface area contributed by atoms with E-state index in [1.165, 1.54) is 4.31 Å². The minimum Gasteiger partial charge on any atom is -0.351 e. The van der Waals surface area contributed by atoms with E-state index in [1.54, 1.807) is 42.5 Å². The average molecular weight is 421 g/mol. The summed E-state index contributed by atoms with van der Waals surface area (Å²) in [4.78, 5) is 12.8. The van der Waals surface area contributed by atoms with E-state index in [-0.39, 0.29) is 23.4 Å². The van der Waals surface area contributed by atoms with Crippen LogP contribution in [0, 0.1) is 0 Å². The van der Waals surface area contributed by atoms with Crippen molar-refractivity contribution in [3.63, 3.8) is 0 Å². The van der Waals surface area contributed by atoms with Gasteiger partial charge < -0.3 is 5.32 Å². The molecule has 0 saturated heterocycles. The Morgan fingerprint density at radius 2 is 1.64 bits per heavy atom. The lowest BCUT2D eigenvalue weighted by Crippen LogP contribution is -2.46. The Bertz CT molecular complexity index is 880. The molecule has 0 atom stereocenters. The highest BCUT2D eigenvalue weighted by Gasteiger charge is 2.33. The Hall–Kier alpha value is -1.89. The van der Waals surface area contributed by atoms with Crippen molar-refractivity contribution < 1.29 is 13.2 Å². The molecule has 1 aliphatic carbocycles. The molecule has 0 heterocycles. The molecule has 0 spiro atoms. The Kier molecular flexibility index (Phi) is 7.10. The zero-order chi connectivity index (χ0) is 20.0. The van der Waals surface area contributed by atoms with E-state index in [9.17, 15) is 13.2 Å². The van der Waals surface area contributed by atoms with Gasteiger partial charge in [-0.25, -0.2) is 8.42 Å². The Balaban J connectivity index is 1.73. The summed E-state index contributed by atoms with van der Waals surface area (Å²) in [5.74, 6) is -0.306. The SMILES string of the molecule is O=C(CN(C1CCCCC1)S(=O)(=O)c1ccccc1)NCc1ccc(Cl)cc1. The highest BCUT2D eigenvalue weighted by Crippen LogP contribution is 2.27. The van der Waals surface area contributed by atoms with Gasteiger partial charge in [-0.1, -0.05) is 61.2 Å². The van der Waals surface area contributed by atoms with Crippen molar-refractivity contribution in [2.75, 3.05) is 6.54 Å². The third-order valence-electron chi connectivity index (χ3n) is 5.03. The van der Waals surface area contributed by atoms with Gasteiger partial charge in [0, 0.05) is 17.6 Å². The number of carbonyl (C=O) groups is 1. The molecular weight excluding hydrogens is 396 g/mol. The van der Waals surface area contributed by atoms with Crippen LogP contribution in [-0.4, -0.2) is 31.2 Å². The third-order valence-corrected chi connectivity index (χ3v) is 7.20. The van der Waals surface area contributed by atoms with Gasteiger partial charge in [-0.3, -0.25) is 4.79 Å². The summed E-state index contributed by atoms with van der Waals surface area (Å²) in [5.41, 5.74) is 0.910. The summed E-state index contributed by atoms with van der Waals surface area (Å²) >= 11 is 5.88. The summed E-state index contributed by atoms with van der Waals surface area (Å²) in [6, 6.07) is 15.4. The highest BCUT2D eigenvalue weighted by atomic mass is 35.5. The lowest BCUT2D eigenvalue weighted by Gasteiger charge is -2.33. The van der Waals surface area contributed by atoms with Gasteiger partial charge in [-0.05, 0) is 42.7 Å². The fourth-order valence-corrected chi connectivity index (χ4v) is 5.30. The number of benzene rings is 2. The first kappa shape index (κ1) is 20.8. The second kappa shape index (κ2) is 9.54. The van der Waals surface area contributed by atoms with Crippen LogP contribution in [0.25, 0.3) is 0 Å². The third kappa shape index (κ3) is 5.34. The molecule has 1 N–H and O–H groups in total. The molecule has 1 fully saturated rings. The number of rotatable bonds is 7. The van der Waals surface area contributed by atoms with Crippen LogP contribution in [0.15, 0.2) is 59.5 Å². The Labute approximate surface area is 171 Å². The fourth-order valence-electron chi connectivity index (χ4n) is 3.51. The van der Waals surface area contributed by atoms with Crippen LogP contribution in [0.4, 0.5) is 0 Å². The van der Waals surface area contributed by atoms with Gasteiger partial charge in [-0.2, -0.15) is 4.31 Å². The minimum atomic E-state index is -3.73. The van der Waals surface area contributed by atoms with Crippen LogP contribution in [-0.2, 0) is 21.4 Å². The van der Waals surface area contributed by atoms with Crippen LogP contribution < -0.4 is 5.32 Å². The van der Waals surface area contributed by atoms with Gasteiger partial charge in [-0.15, -0.1) is 0 Å². The summed E-state index contributed by atoms with van der Waals surface area (Å²) < 4.78 is 27.8. The van der Waals surface area contributed by atoms with E-state index >= 15 is 0 Å². The fraction of sp³-hybridized carbons (Fsp3) is 0.381. The van der Waals surface area contributed by atoms with Crippen molar-refractivity contribution in [1.29, 1.82) is 0 Å². The van der Waals surface area contributed by atoms with Crippen LogP contribution in [0.2, 0.25) is 5.02 Å². The maximum absolute atomic E-state index is 13.2. The summed E-state index contributed by atoms with van der Waals surface area (Å²) in [6.45, 7) is 0.162. The topological polar surface area (TPSA) is 66.5 Å². The molecule has 0 unspecified atom stereocenters. The van der Waals surface area contributed by atoms with Crippen molar-refractivity contribution in [2.45, 2.75) is 49.6 Å². The lowest BCUT2D eigenvalue weighted by atomic mass is 9.95. The van der Waals surface area contributed by atoms with Gasteiger partial charge in [0.25, 0.3) is 0 Å². The van der Waals surface area contributed by atoms with Crippen molar-refractivity contribution in [2.24, 2.45) is 0 Å². The molecule has 150 valence electrons. The molecule has 1 amide bonds. The molecule has 0 aromatic heterocycles. The molecule has 2 aromatic rings. The van der Waals surface area contributed by atoms with Gasteiger partial charge in [0.15, 0.2) is 0 Å². The first-order valence-electron chi connectivity index (χ1n) is 9.55. The molecular formula is C21H25ClN2O3S. The van der Waals surface area contributed by atoms with E-state index in [0.29, 0.717) is 11.6 Å². The van der Waals surface area contributed by atoms with E-state index in [1.807, 2.05) is 12.1 Å². The van der Waals surface area contributed by atoms with Crippen LogP contribution in [0.1, 0.15) is 37.7 Å². The molecule has 0 aliphatic heterocycles. The van der Waals surface area contributed by atoms with Crippen molar-refractivity contribution in [1.82, 2.24) is 9.62 Å². The molecule has 7 heteroatoms. The van der Waals surface area contributed by atoms with E-state index in [2.05, 4.69) is 5.32 Å². The smallest absolute Gasteiger partial charge is 0.243 e. The second-order valence-corrected chi connectivity index (χ2v) is 9.39. The number of nitrogens with zero attached hydrogens (tertiary/aromatic N) is 1. The molecule has 1 saturated carbocycles. The molecule has 3 rings (SSSR count). The molecule has 0 radical (unpaired) electrons. The molecule has 28 heavy (non-hydrogen) atoms. The van der Waals surface area contributed by atoms with Gasteiger partial charge in [0.2, 0.25) is 15.9 Å². The first-order valence-corrected chi connectivity index (χ1v) is 11.4. The summed E-state index contributed by atoms with van der Waals surface area (Å²) in [7, 11) is -3.73. The number of nitrogens with one attached hydrogen (secondary N) is 1. The predicted molar refractivity (Wildman–Crippen MR) is 111 cm³/mol. The van der Waals surface area contributed by atoms with E-state index in [0.717, 1.165) is 37.7 Å². The maximum Gasteiger partial charge on any atom is 0.243 e. The zero-order valence-corrected chi connectivity index (χ0v) is 17.3. The minimum absolute atomic E-state index is 0.139. The number of halogens is 1. The number of carbonyl (C=O) groups excluding carboxylic acids is 1. The highest BCUT2D eigenvalue weighted by molar-refractivity contribution is 7.89. The van der Waals surface area contributed by atoms with Crippen molar-refractivity contribution >= 4 is 27.5 Å². The second-order valence-electron chi connectivity index (χ2n) is 7.06. The van der Waals surface area contributed by atoms with Crippen LogP contribution in [0.3, 0.4) is 0 Å². The normalized spacial score (nSPS) is 15.5. The van der Waals surface area contributed by atoms with E-state index < -0.39 is 10.0 Å². The van der Waals surface area contributed by atoms with Crippen LogP contribution >= 0.6 is 11.6 Å². The Morgan fingerprint density at radius 3 is 2.29 bits per heavy atom. The van der Waals surface area contributed by atoms with Gasteiger partial charge in [0.1, 0.15) is 0 Å². The monoisotopic (exact) mass is 420 g/mol. The summed E-state index contributed by atoms with van der Waals surface area (Å²) in [5, 5.41) is 3.46. The molecule has 5 nitrogen and oxygen atoms in total. The molecule has 0 bridgehead atoms. The quantitative estimate of drug-likeness (QED) is 0.736. The van der Waals surface area contributed by atoms with Crippen molar-refractivity contribution in [3.8, 4) is 0 Å². The van der Waals surface area contributed by atoms with Crippen molar-refractivity contribution in [3.05, 3.63) is 65.2 Å². The standard InChI is InChI=1S/C21H25ClN2O3S/c22-18-13-11-17(12-14-18)15-23-21(25)16-24(19-7-3-1-4-8-19)28(26,27)20-9-5-2-6-10-20/h2,5-6,9-14,19H,1,3-4,7-8,15-16H2,(H,23,25). The number of sulfonamides is 1. The maximum atomic E-state index is 13.2. The van der Waals surface area contributed by atoms with Gasteiger partial charge >= 0.3 is 0 Å². The zero-order valence-electron chi connectivity index (χ0n) is 15.7. The predicted octanol–water partition coefficient (Wildman–Crippen LogP) is 3.98. The van der Waals surface area contributed by atoms with E-state index in [4.69, 9.17) is 11.6 Å². The number of amides is 1. The summed E-state index contributed by atoms with van der Waals surface area (Å²) in [6.07, 6.45) is 4.65. The molecule has 1 aliphatic rings. The lowest BCUT2D eigenvalue weighted by molar-refractivity contribution is -0.121. The average Bonchev–Trinajstić information content (AvgIpc) is 2.73.